The van der Waals surface area contributed by atoms with Crippen molar-refractivity contribution in [3.05, 3.63) is 29.6 Å². The Morgan fingerprint density at radius 1 is 1.29 bits per heavy atom. The third-order valence-electron chi connectivity index (χ3n) is 1.67. The molecule has 17 heavy (non-hydrogen) atoms. The van der Waals surface area contributed by atoms with Gasteiger partial charge in [0.05, 0.1) is 17.7 Å². The lowest BCUT2D eigenvalue weighted by Gasteiger charge is -2.07. The Balaban J connectivity index is 3.11. The third kappa shape index (κ3) is 5.33. The van der Waals surface area contributed by atoms with Gasteiger partial charge in [-0.25, -0.2) is 21.2 Å². The molecule has 0 unspecified atom stereocenters. The van der Waals surface area contributed by atoms with Gasteiger partial charge in [-0.1, -0.05) is 6.07 Å². The molecule has 1 N–H and O–H groups in total. The highest BCUT2D eigenvalue weighted by molar-refractivity contribution is 8.13. The number of halogens is 2. The summed E-state index contributed by atoms with van der Waals surface area (Å²) in [7, 11) is -2.38. The second kappa shape index (κ2) is 4.79. The summed E-state index contributed by atoms with van der Waals surface area (Å²) < 4.78 is 58.6. The standard InChI is InChI=1S/C8H9ClFNO4S2/c1-16(12,13)11-8-4-6(2-3-7(8)10)5-17(9,14)15/h2-4,11H,5H2,1H3. The van der Waals surface area contributed by atoms with Gasteiger partial charge in [-0.15, -0.1) is 0 Å². The summed E-state index contributed by atoms with van der Waals surface area (Å²) in [4.78, 5) is 0. The van der Waals surface area contributed by atoms with Crippen LogP contribution >= 0.6 is 10.7 Å². The van der Waals surface area contributed by atoms with Crippen LogP contribution in [0, 0.1) is 5.82 Å². The van der Waals surface area contributed by atoms with Crippen molar-refractivity contribution in [2.24, 2.45) is 0 Å². The van der Waals surface area contributed by atoms with Crippen molar-refractivity contribution >= 4 is 35.4 Å². The predicted molar refractivity (Wildman–Crippen MR) is 63.3 cm³/mol. The first-order valence-electron chi connectivity index (χ1n) is 4.25. The molecule has 0 atom stereocenters. The molecule has 1 rings (SSSR count). The molecule has 0 aliphatic rings. The normalized spacial score (nSPS) is 12.4. The minimum atomic E-state index is -3.78. The van der Waals surface area contributed by atoms with E-state index in [0.29, 0.717) is 0 Å². The first-order valence-corrected chi connectivity index (χ1v) is 8.62. The number of hydrogen-bond donors (Lipinski definition) is 1. The van der Waals surface area contributed by atoms with E-state index in [-0.39, 0.29) is 11.3 Å². The minimum absolute atomic E-state index is 0.188. The van der Waals surface area contributed by atoms with Crippen LogP contribution in [0.1, 0.15) is 5.56 Å². The van der Waals surface area contributed by atoms with Gasteiger partial charge in [0.15, 0.2) is 0 Å². The van der Waals surface area contributed by atoms with Crippen LogP contribution in [0.25, 0.3) is 0 Å². The number of sulfonamides is 1. The average Bonchev–Trinajstić information content (AvgIpc) is 2.05. The molecular formula is C8H9ClFNO4S2. The predicted octanol–water partition coefficient (Wildman–Crippen LogP) is 1.27. The molecule has 0 aromatic heterocycles. The maximum absolute atomic E-state index is 13.2. The van der Waals surface area contributed by atoms with Gasteiger partial charge in [-0.3, -0.25) is 4.72 Å². The van der Waals surface area contributed by atoms with Gasteiger partial charge >= 0.3 is 0 Å². The Kier molecular flexibility index (Phi) is 4.00. The van der Waals surface area contributed by atoms with Crippen LogP contribution < -0.4 is 4.72 Å². The largest absolute Gasteiger partial charge is 0.281 e. The van der Waals surface area contributed by atoms with E-state index in [0.717, 1.165) is 18.4 Å². The number of hydrogen-bond acceptors (Lipinski definition) is 4. The Morgan fingerprint density at radius 2 is 1.88 bits per heavy atom. The van der Waals surface area contributed by atoms with Crippen LogP contribution in [0.3, 0.4) is 0 Å². The van der Waals surface area contributed by atoms with Gasteiger partial charge in [0, 0.05) is 10.7 Å². The molecule has 0 aliphatic heterocycles. The van der Waals surface area contributed by atoms with E-state index in [4.69, 9.17) is 10.7 Å². The Hall–Kier alpha value is -0.860. The molecule has 0 fully saturated rings. The topological polar surface area (TPSA) is 80.3 Å². The molecule has 0 radical (unpaired) electrons. The molecule has 0 saturated carbocycles. The fourth-order valence-corrected chi connectivity index (χ4v) is 2.65. The summed E-state index contributed by atoms with van der Waals surface area (Å²) >= 11 is 0. The fraction of sp³-hybridized carbons (Fsp3) is 0.250. The highest BCUT2D eigenvalue weighted by atomic mass is 35.7. The lowest BCUT2D eigenvalue weighted by molar-refractivity contribution is 0.603. The van der Waals surface area contributed by atoms with Crippen LogP contribution in [-0.4, -0.2) is 23.1 Å². The summed E-state index contributed by atoms with van der Waals surface area (Å²) in [6, 6.07) is 3.25. The van der Waals surface area contributed by atoms with Crippen LogP contribution in [-0.2, 0) is 24.8 Å². The fourth-order valence-electron chi connectivity index (χ4n) is 1.14. The quantitative estimate of drug-likeness (QED) is 0.849. The molecule has 96 valence electrons. The van der Waals surface area contributed by atoms with Crippen molar-refractivity contribution in [1.29, 1.82) is 0 Å². The summed E-state index contributed by atoms with van der Waals surface area (Å²) in [5.41, 5.74) is -0.127. The average molecular weight is 302 g/mol. The number of nitrogens with one attached hydrogen (secondary N) is 1. The van der Waals surface area contributed by atoms with Crippen molar-refractivity contribution < 1.29 is 21.2 Å². The molecule has 0 aliphatic carbocycles. The van der Waals surface area contributed by atoms with Gasteiger partial charge in [0.25, 0.3) is 0 Å². The molecule has 0 amide bonds. The first kappa shape index (κ1) is 14.2. The van der Waals surface area contributed by atoms with Crippen LogP contribution in [0.4, 0.5) is 10.1 Å². The van der Waals surface area contributed by atoms with Gasteiger partial charge in [0.2, 0.25) is 19.1 Å². The summed E-state index contributed by atoms with van der Waals surface area (Å²) in [5, 5.41) is 0. The van der Waals surface area contributed by atoms with E-state index in [1.54, 1.807) is 0 Å². The van der Waals surface area contributed by atoms with Crippen molar-refractivity contribution in [2.75, 3.05) is 11.0 Å². The zero-order valence-corrected chi connectivity index (χ0v) is 11.0. The number of rotatable bonds is 4. The molecule has 0 saturated heterocycles. The molecular weight excluding hydrogens is 293 g/mol. The van der Waals surface area contributed by atoms with E-state index in [9.17, 15) is 21.2 Å². The Labute approximate surface area is 103 Å². The molecule has 1 aromatic carbocycles. The SMILES string of the molecule is CS(=O)(=O)Nc1cc(CS(=O)(=O)Cl)ccc1F. The number of benzene rings is 1. The summed E-state index contributed by atoms with van der Waals surface area (Å²) in [6.07, 6.45) is 0.859. The van der Waals surface area contributed by atoms with E-state index in [1.807, 2.05) is 4.72 Å². The Morgan fingerprint density at radius 3 is 2.35 bits per heavy atom. The molecule has 0 spiro atoms. The van der Waals surface area contributed by atoms with Crippen molar-refractivity contribution in [3.63, 3.8) is 0 Å². The third-order valence-corrected chi connectivity index (χ3v) is 3.26. The smallest absolute Gasteiger partial charge is 0.236 e. The molecule has 0 bridgehead atoms. The molecule has 1 aromatic rings. The lowest BCUT2D eigenvalue weighted by atomic mass is 10.2. The van der Waals surface area contributed by atoms with Crippen LogP contribution in [0.5, 0.6) is 0 Å². The van der Waals surface area contributed by atoms with Gasteiger partial charge in [-0.2, -0.15) is 0 Å². The van der Waals surface area contributed by atoms with Gasteiger partial charge in [0.1, 0.15) is 5.82 Å². The highest BCUT2D eigenvalue weighted by Crippen LogP contribution is 2.19. The Bertz CT molecular complexity index is 627. The molecule has 5 nitrogen and oxygen atoms in total. The van der Waals surface area contributed by atoms with Crippen LogP contribution in [0.2, 0.25) is 0 Å². The molecule has 0 heterocycles. The maximum Gasteiger partial charge on any atom is 0.236 e. The monoisotopic (exact) mass is 301 g/mol. The number of anilines is 1. The summed E-state index contributed by atoms with van der Waals surface area (Å²) in [6.45, 7) is 0. The van der Waals surface area contributed by atoms with E-state index in [1.165, 1.54) is 6.07 Å². The lowest BCUT2D eigenvalue weighted by Crippen LogP contribution is -2.11. The molecule has 9 heteroatoms. The van der Waals surface area contributed by atoms with Gasteiger partial charge in [-0.05, 0) is 17.7 Å². The second-order valence-corrected chi connectivity index (χ2v) is 7.90. The van der Waals surface area contributed by atoms with Crippen molar-refractivity contribution in [2.45, 2.75) is 5.75 Å². The van der Waals surface area contributed by atoms with Crippen molar-refractivity contribution in [1.82, 2.24) is 0 Å². The second-order valence-electron chi connectivity index (χ2n) is 3.37. The zero-order valence-electron chi connectivity index (χ0n) is 8.64. The van der Waals surface area contributed by atoms with E-state index in [2.05, 4.69) is 0 Å². The minimum Gasteiger partial charge on any atom is -0.281 e. The highest BCUT2D eigenvalue weighted by Gasteiger charge is 2.12. The summed E-state index contributed by atoms with van der Waals surface area (Å²) in [5.74, 6) is -1.31. The van der Waals surface area contributed by atoms with Crippen molar-refractivity contribution in [3.8, 4) is 0 Å². The zero-order chi connectivity index (χ0) is 13.3. The van der Waals surface area contributed by atoms with E-state index < -0.39 is 30.6 Å². The maximum atomic E-state index is 13.2. The van der Waals surface area contributed by atoms with Gasteiger partial charge < -0.3 is 0 Å². The first-order chi connectivity index (χ1) is 7.57. The van der Waals surface area contributed by atoms with Crippen LogP contribution in [0.15, 0.2) is 18.2 Å². The van der Waals surface area contributed by atoms with E-state index >= 15 is 0 Å².